The molecule has 1 fully saturated rings. The van der Waals surface area contributed by atoms with Crippen LogP contribution < -0.4 is 25.5 Å². The molecule has 3 amide bonds. The molecule has 0 radical (unpaired) electrons. The second-order valence-corrected chi connectivity index (χ2v) is 7.92. The minimum atomic E-state index is -0.903. The van der Waals surface area contributed by atoms with E-state index in [9.17, 15) is 14.4 Å². The van der Waals surface area contributed by atoms with Crippen LogP contribution in [-0.4, -0.2) is 56.4 Å². The molecule has 1 aliphatic heterocycles. The Hall–Kier alpha value is -3.63. The van der Waals surface area contributed by atoms with Gasteiger partial charge < -0.3 is 24.8 Å². The van der Waals surface area contributed by atoms with Crippen molar-refractivity contribution in [1.29, 1.82) is 0 Å². The summed E-state index contributed by atoms with van der Waals surface area (Å²) >= 11 is 6.35. The highest BCUT2D eigenvalue weighted by atomic mass is 35.5. The summed E-state index contributed by atoms with van der Waals surface area (Å²) in [5.74, 6) is -1.56. The number of halogens is 1. The first-order valence-corrected chi connectivity index (χ1v) is 11.5. The van der Waals surface area contributed by atoms with Gasteiger partial charge in [0.05, 0.1) is 23.9 Å². The van der Waals surface area contributed by atoms with Gasteiger partial charge in [-0.3, -0.25) is 14.4 Å². The molecule has 3 N–H and O–H groups in total. The Morgan fingerprint density at radius 3 is 2.69 bits per heavy atom. The van der Waals surface area contributed by atoms with Gasteiger partial charge in [-0.1, -0.05) is 29.8 Å². The molecule has 1 aliphatic rings. The van der Waals surface area contributed by atoms with Gasteiger partial charge in [-0.05, 0) is 49.6 Å². The van der Waals surface area contributed by atoms with Crippen molar-refractivity contribution in [3.8, 4) is 11.5 Å². The van der Waals surface area contributed by atoms with Crippen LogP contribution in [0, 0.1) is 0 Å². The molecule has 3 rings (SSSR count). The van der Waals surface area contributed by atoms with Gasteiger partial charge in [0.1, 0.15) is 0 Å². The second kappa shape index (κ2) is 13.3. The number of hydrogen-bond donors (Lipinski definition) is 3. The minimum absolute atomic E-state index is 0.0699. The van der Waals surface area contributed by atoms with Crippen LogP contribution in [0.2, 0.25) is 5.02 Å². The Labute approximate surface area is 208 Å². The number of para-hydroxylation sites is 1. The lowest BCUT2D eigenvalue weighted by Crippen LogP contribution is -2.41. The standard InChI is InChI=1S/C24H27ClN4O6/c1-2-33-20-12-16(13-27-29-24(32)23(31)26-14-18-9-6-10-34-18)11-19(25)22(20)35-15-21(30)28-17-7-4-3-5-8-17/h3-5,7-8,11-13,18H,2,6,9-10,14-15H2,1H3,(H,26,31)(H,28,30)(H,29,32)/b27-13-/t18-/m0/s1. The predicted octanol–water partition coefficient (Wildman–Crippen LogP) is 2.50. The van der Waals surface area contributed by atoms with E-state index in [4.69, 9.17) is 25.8 Å². The molecule has 186 valence electrons. The van der Waals surface area contributed by atoms with Gasteiger partial charge in [0, 0.05) is 18.8 Å². The highest BCUT2D eigenvalue weighted by molar-refractivity contribution is 6.35. The summed E-state index contributed by atoms with van der Waals surface area (Å²) in [6, 6.07) is 12.1. The highest BCUT2D eigenvalue weighted by Crippen LogP contribution is 2.36. The van der Waals surface area contributed by atoms with Crippen molar-refractivity contribution in [1.82, 2.24) is 10.7 Å². The monoisotopic (exact) mass is 502 g/mol. The average molecular weight is 503 g/mol. The molecule has 1 atom stereocenters. The first-order chi connectivity index (χ1) is 17.0. The van der Waals surface area contributed by atoms with Crippen molar-refractivity contribution in [3.05, 3.63) is 53.1 Å². The fraction of sp³-hybridized carbons (Fsp3) is 0.333. The maximum Gasteiger partial charge on any atom is 0.329 e. The summed E-state index contributed by atoms with van der Waals surface area (Å²) < 4.78 is 16.6. The maximum atomic E-state index is 12.2. The van der Waals surface area contributed by atoms with E-state index in [2.05, 4.69) is 21.2 Å². The Morgan fingerprint density at radius 1 is 1.17 bits per heavy atom. The molecule has 10 nitrogen and oxygen atoms in total. The van der Waals surface area contributed by atoms with E-state index in [1.807, 2.05) is 6.07 Å². The van der Waals surface area contributed by atoms with Crippen molar-refractivity contribution in [2.45, 2.75) is 25.9 Å². The zero-order chi connectivity index (χ0) is 25.0. The third-order valence-electron chi connectivity index (χ3n) is 4.84. The Bertz CT molecular complexity index is 1060. The normalized spacial score (nSPS) is 15.0. The Balaban J connectivity index is 1.55. The lowest BCUT2D eigenvalue weighted by atomic mass is 10.2. The molecule has 2 aromatic carbocycles. The van der Waals surface area contributed by atoms with Crippen LogP contribution in [-0.2, 0) is 19.1 Å². The third kappa shape index (κ3) is 8.27. The molecule has 11 heteroatoms. The number of carbonyl (C=O) groups excluding carboxylic acids is 3. The molecular formula is C24H27ClN4O6. The van der Waals surface area contributed by atoms with Gasteiger partial charge in [0.15, 0.2) is 18.1 Å². The molecular weight excluding hydrogens is 476 g/mol. The fourth-order valence-corrected chi connectivity index (χ4v) is 3.50. The van der Waals surface area contributed by atoms with Gasteiger partial charge >= 0.3 is 11.8 Å². The summed E-state index contributed by atoms with van der Waals surface area (Å²) in [5.41, 5.74) is 3.30. The van der Waals surface area contributed by atoms with Crippen molar-refractivity contribution in [3.63, 3.8) is 0 Å². The van der Waals surface area contributed by atoms with E-state index in [0.717, 1.165) is 12.8 Å². The van der Waals surface area contributed by atoms with Crippen molar-refractivity contribution >= 4 is 41.2 Å². The summed E-state index contributed by atoms with van der Waals surface area (Å²) in [5, 5.41) is 9.22. The SMILES string of the molecule is CCOc1cc(/C=N\NC(=O)C(=O)NC[C@@H]2CCCO2)cc(Cl)c1OCC(=O)Nc1ccccc1. The second-order valence-electron chi connectivity index (χ2n) is 7.51. The number of anilines is 1. The van der Waals surface area contributed by atoms with Gasteiger partial charge in [0.25, 0.3) is 5.91 Å². The number of rotatable bonds is 10. The van der Waals surface area contributed by atoms with Crippen LogP contribution in [0.1, 0.15) is 25.3 Å². The Morgan fingerprint density at radius 2 is 1.97 bits per heavy atom. The largest absolute Gasteiger partial charge is 0.490 e. The van der Waals surface area contributed by atoms with Crippen molar-refractivity contribution in [2.24, 2.45) is 5.10 Å². The average Bonchev–Trinajstić information content (AvgIpc) is 3.36. The summed E-state index contributed by atoms with van der Waals surface area (Å²) in [7, 11) is 0. The lowest BCUT2D eigenvalue weighted by Gasteiger charge is -2.14. The number of ether oxygens (including phenoxy) is 3. The Kier molecular flexibility index (Phi) is 9.88. The number of amides is 3. The van der Waals surface area contributed by atoms with Crippen LogP contribution in [0.5, 0.6) is 11.5 Å². The number of nitrogens with zero attached hydrogens (tertiary/aromatic N) is 1. The van der Waals surface area contributed by atoms with Crippen LogP contribution in [0.15, 0.2) is 47.6 Å². The van der Waals surface area contributed by atoms with E-state index in [1.165, 1.54) is 12.3 Å². The molecule has 0 saturated carbocycles. The zero-order valence-corrected chi connectivity index (χ0v) is 20.0. The molecule has 0 bridgehead atoms. The highest BCUT2D eigenvalue weighted by Gasteiger charge is 2.19. The number of hydrogen-bond acceptors (Lipinski definition) is 7. The number of benzene rings is 2. The maximum absolute atomic E-state index is 12.2. The van der Waals surface area contributed by atoms with Gasteiger partial charge in [-0.15, -0.1) is 0 Å². The van der Waals surface area contributed by atoms with Gasteiger partial charge in [-0.2, -0.15) is 5.10 Å². The van der Waals surface area contributed by atoms with E-state index >= 15 is 0 Å². The topological polar surface area (TPSA) is 127 Å². The molecule has 1 heterocycles. The van der Waals surface area contributed by atoms with Crippen LogP contribution in [0.3, 0.4) is 0 Å². The smallest absolute Gasteiger partial charge is 0.329 e. The molecule has 35 heavy (non-hydrogen) atoms. The molecule has 0 unspecified atom stereocenters. The number of hydrazone groups is 1. The summed E-state index contributed by atoms with van der Waals surface area (Å²) in [6.45, 7) is 2.77. The third-order valence-corrected chi connectivity index (χ3v) is 5.12. The van der Waals surface area contributed by atoms with Gasteiger partial charge in [0.2, 0.25) is 0 Å². The quantitative estimate of drug-likeness (QED) is 0.260. The molecule has 0 aromatic heterocycles. The molecule has 1 saturated heterocycles. The molecule has 0 spiro atoms. The van der Waals surface area contributed by atoms with E-state index < -0.39 is 11.8 Å². The number of carbonyl (C=O) groups is 3. The van der Waals surface area contributed by atoms with Crippen LogP contribution in [0.4, 0.5) is 5.69 Å². The minimum Gasteiger partial charge on any atom is -0.490 e. The lowest BCUT2D eigenvalue weighted by molar-refractivity contribution is -0.139. The fourth-order valence-electron chi connectivity index (χ4n) is 3.23. The van der Waals surface area contributed by atoms with Gasteiger partial charge in [-0.25, -0.2) is 5.43 Å². The number of nitrogens with one attached hydrogen (secondary N) is 3. The van der Waals surface area contributed by atoms with Crippen LogP contribution >= 0.6 is 11.6 Å². The molecule has 0 aliphatic carbocycles. The zero-order valence-electron chi connectivity index (χ0n) is 19.2. The summed E-state index contributed by atoms with van der Waals surface area (Å²) in [4.78, 5) is 36.0. The predicted molar refractivity (Wildman–Crippen MR) is 131 cm³/mol. The van der Waals surface area contributed by atoms with E-state index in [0.29, 0.717) is 30.2 Å². The van der Waals surface area contributed by atoms with Crippen LogP contribution in [0.25, 0.3) is 0 Å². The van der Waals surface area contributed by atoms with Crippen molar-refractivity contribution in [2.75, 3.05) is 31.7 Å². The summed E-state index contributed by atoms with van der Waals surface area (Å²) in [6.07, 6.45) is 3.03. The first kappa shape index (κ1) is 26.0. The van der Waals surface area contributed by atoms with E-state index in [1.54, 1.807) is 37.3 Å². The van der Waals surface area contributed by atoms with E-state index in [-0.39, 0.29) is 35.9 Å². The molecule has 2 aromatic rings. The first-order valence-electron chi connectivity index (χ1n) is 11.1. The van der Waals surface area contributed by atoms with Crippen molar-refractivity contribution < 1.29 is 28.6 Å².